The van der Waals surface area contributed by atoms with Gasteiger partial charge in [0.25, 0.3) is 8.32 Å². The van der Waals surface area contributed by atoms with Gasteiger partial charge in [0, 0.05) is 6.42 Å². The number of nitrogens with zero attached hydrogens (tertiary/aromatic N) is 1. The van der Waals surface area contributed by atoms with Crippen molar-refractivity contribution in [3.8, 4) is 6.07 Å². The fraction of sp³-hybridized carbons (Fsp3) is 0.812. The molecule has 1 aliphatic rings. The van der Waals surface area contributed by atoms with E-state index in [-0.39, 0.29) is 10.5 Å². The molecule has 3 heteroatoms. The number of allylic oxidation sites excluding steroid dienone is 2. The van der Waals surface area contributed by atoms with E-state index in [0.29, 0.717) is 5.92 Å². The summed E-state index contributed by atoms with van der Waals surface area (Å²) in [5.74, 6) is 1.65. The van der Waals surface area contributed by atoms with Crippen molar-refractivity contribution >= 4 is 8.32 Å². The van der Waals surface area contributed by atoms with Crippen LogP contribution >= 0.6 is 0 Å². The predicted molar refractivity (Wildman–Crippen MR) is 83.1 cm³/mol. The second-order valence-corrected chi connectivity index (χ2v) is 12.0. The Balaban J connectivity index is 2.94. The average Bonchev–Trinajstić information content (AvgIpc) is 2.28. The molecular formula is C16H29NOSi. The standard InChI is InChI=1S/C16H29NOSi/c1-13(2)15(3,4)19(6,7)18-14-9-8-10-16(5,11-14)12-17/h11,13H,8-10H2,1-7H3/t16-/m1/s1. The van der Waals surface area contributed by atoms with Crippen LogP contribution in [0.5, 0.6) is 0 Å². The minimum Gasteiger partial charge on any atom is -0.547 e. The molecule has 0 spiro atoms. The zero-order valence-electron chi connectivity index (χ0n) is 13.6. The van der Waals surface area contributed by atoms with Gasteiger partial charge in [-0.25, -0.2) is 0 Å². The summed E-state index contributed by atoms with van der Waals surface area (Å²) in [6, 6.07) is 2.42. The van der Waals surface area contributed by atoms with E-state index in [1.54, 1.807) is 0 Å². The van der Waals surface area contributed by atoms with Crippen molar-refractivity contribution in [3.63, 3.8) is 0 Å². The average molecular weight is 280 g/mol. The maximum absolute atomic E-state index is 9.28. The summed E-state index contributed by atoms with van der Waals surface area (Å²) in [6.07, 6.45) is 5.07. The lowest BCUT2D eigenvalue weighted by Crippen LogP contribution is -2.45. The molecule has 0 aliphatic heterocycles. The van der Waals surface area contributed by atoms with Crippen LogP contribution in [0.2, 0.25) is 18.1 Å². The molecule has 19 heavy (non-hydrogen) atoms. The molecule has 1 aliphatic carbocycles. The van der Waals surface area contributed by atoms with E-state index in [2.05, 4.69) is 52.9 Å². The van der Waals surface area contributed by atoms with Gasteiger partial charge in [-0.2, -0.15) is 5.26 Å². The lowest BCUT2D eigenvalue weighted by molar-refractivity contribution is 0.299. The van der Waals surface area contributed by atoms with Gasteiger partial charge in [-0.1, -0.05) is 27.7 Å². The number of hydrogen-bond acceptors (Lipinski definition) is 2. The monoisotopic (exact) mass is 279 g/mol. The number of rotatable bonds is 4. The Bertz CT molecular complexity index is 403. The van der Waals surface area contributed by atoms with Gasteiger partial charge in [0.2, 0.25) is 0 Å². The molecule has 0 bridgehead atoms. The Kier molecular flexibility index (Phi) is 4.57. The van der Waals surface area contributed by atoms with Crippen LogP contribution in [0, 0.1) is 22.7 Å². The molecule has 0 amide bonds. The predicted octanol–water partition coefficient (Wildman–Crippen LogP) is 5.24. The highest BCUT2D eigenvalue weighted by Crippen LogP contribution is 2.46. The quantitative estimate of drug-likeness (QED) is 0.659. The van der Waals surface area contributed by atoms with Crippen molar-refractivity contribution in [2.24, 2.45) is 11.3 Å². The number of hydrogen-bond donors (Lipinski definition) is 0. The van der Waals surface area contributed by atoms with Gasteiger partial charge in [0.05, 0.1) is 17.2 Å². The summed E-state index contributed by atoms with van der Waals surface area (Å²) in [4.78, 5) is 0. The molecule has 0 unspecified atom stereocenters. The van der Waals surface area contributed by atoms with Crippen LogP contribution in [0.25, 0.3) is 0 Å². The minimum atomic E-state index is -1.83. The van der Waals surface area contributed by atoms with Crippen LogP contribution in [0.1, 0.15) is 53.9 Å². The Morgan fingerprint density at radius 3 is 2.47 bits per heavy atom. The van der Waals surface area contributed by atoms with Crippen molar-refractivity contribution in [3.05, 3.63) is 11.8 Å². The van der Waals surface area contributed by atoms with E-state index in [1.807, 2.05) is 6.92 Å². The van der Waals surface area contributed by atoms with Crippen LogP contribution in [0.3, 0.4) is 0 Å². The van der Waals surface area contributed by atoms with Gasteiger partial charge >= 0.3 is 0 Å². The van der Waals surface area contributed by atoms with Crippen molar-refractivity contribution in [1.82, 2.24) is 0 Å². The minimum absolute atomic E-state index is 0.217. The molecule has 1 rings (SSSR count). The summed E-state index contributed by atoms with van der Waals surface area (Å²) in [5, 5.41) is 9.49. The van der Waals surface area contributed by atoms with Crippen LogP contribution in [-0.2, 0) is 4.43 Å². The second kappa shape index (κ2) is 5.32. The SMILES string of the molecule is CC(C)C(C)(C)[Si](C)(C)OC1=C[C@](C)(C#N)CCC1. The zero-order chi connectivity index (χ0) is 14.9. The van der Waals surface area contributed by atoms with E-state index < -0.39 is 8.32 Å². The fourth-order valence-electron chi connectivity index (χ4n) is 2.45. The highest BCUT2D eigenvalue weighted by molar-refractivity contribution is 6.74. The molecule has 0 aromatic carbocycles. The van der Waals surface area contributed by atoms with E-state index in [4.69, 9.17) is 4.43 Å². The molecule has 2 nitrogen and oxygen atoms in total. The Morgan fingerprint density at radius 1 is 1.42 bits per heavy atom. The van der Waals surface area contributed by atoms with Crippen LogP contribution < -0.4 is 0 Å². The van der Waals surface area contributed by atoms with Crippen molar-refractivity contribution < 1.29 is 4.43 Å². The molecule has 0 saturated carbocycles. The van der Waals surface area contributed by atoms with Crippen molar-refractivity contribution in [2.75, 3.05) is 0 Å². The highest BCUT2D eigenvalue weighted by atomic mass is 28.4. The molecule has 0 aromatic rings. The fourth-order valence-corrected chi connectivity index (χ4v) is 4.92. The van der Waals surface area contributed by atoms with Gasteiger partial charge in [-0.3, -0.25) is 0 Å². The second-order valence-electron chi connectivity index (χ2n) is 7.48. The maximum Gasteiger partial charge on any atom is 0.250 e. The van der Waals surface area contributed by atoms with Gasteiger partial charge in [0.1, 0.15) is 0 Å². The van der Waals surface area contributed by atoms with E-state index in [0.717, 1.165) is 25.0 Å². The molecule has 108 valence electrons. The summed E-state index contributed by atoms with van der Waals surface area (Å²) < 4.78 is 6.45. The van der Waals surface area contributed by atoms with Crippen molar-refractivity contribution in [2.45, 2.75) is 72.0 Å². The lowest BCUT2D eigenvalue weighted by atomic mass is 9.82. The first-order valence-electron chi connectivity index (χ1n) is 7.36. The summed E-state index contributed by atoms with van der Waals surface area (Å²) in [5.41, 5.74) is -0.333. The molecule has 0 N–H and O–H groups in total. The molecule has 0 aromatic heterocycles. The first-order valence-corrected chi connectivity index (χ1v) is 10.3. The van der Waals surface area contributed by atoms with Gasteiger partial charge in [0.15, 0.2) is 0 Å². The lowest BCUT2D eigenvalue weighted by Gasteiger charge is -2.44. The Morgan fingerprint density at radius 2 is 2.00 bits per heavy atom. The smallest absolute Gasteiger partial charge is 0.250 e. The van der Waals surface area contributed by atoms with E-state index in [9.17, 15) is 5.26 Å². The van der Waals surface area contributed by atoms with E-state index in [1.165, 1.54) is 0 Å². The van der Waals surface area contributed by atoms with Gasteiger partial charge in [-0.15, -0.1) is 0 Å². The third kappa shape index (κ3) is 3.42. The summed E-state index contributed by atoms with van der Waals surface area (Å²) in [6.45, 7) is 15.8. The Labute approximate surface area is 120 Å². The zero-order valence-corrected chi connectivity index (χ0v) is 14.6. The van der Waals surface area contributed by atoms with E-state index >= 15 is 0 Å². The largest absolute Gasteiger partial charge is 0.547 e. The molecule has 1 atom stereocenters. The number of nitriles is 1. The van der Waals surface area contributed by atoms with Gasteiger partial charge in [-0.05, 0) is 49.9 Å². The molecule has 0 radical (unpaired) electrons. The van der Waals surface area contributed by atoms with Crippen LogP contribution in [0.4, 0.5) is 0 Å². The first kappa shape index (κ1) is 16.3. The molecular weight excluding hydrogens is 250 g/mol. The topological polar surface area (TPSA) is 33.0 Å². The summed E-state index contributed by atoms with van der Waals surface area (Å²) >= 11 is 0. The molecule has 0 fully saturated rings. The van der Waals surface area contributed by atoms with Crippen LogP contribution in [0.15, 0.2) is 11.8 Å². The molecule has 0 heterocycles. The third-order valence-corrected chi connectivity index (χ3v) is 9.69. The van der Waals surface area contributed by atoms with Crippen LogP contribution in [-0.4, -0.2) is 8.32 Å². The summed E-state index contributed by atoms with van der Waals surface area (Å²) in [7, 11) is -1.83. The van der Waals surface area contributed by atoms with Crippen molar-refractivity contribution in [1.29, 1.82) is 5.26 Å². The molecule has 0 saturated heterocycles. The van der Waals surface area contributed by atoms with Gasteiger partial charge < -0.3 is 4.43 Å². The third-order valence-electron chi connectivity index (χ3n) is 5.24. The highest BCUT2D eigenvalue weighted by Gasteiger charge is 2.45. The maximum atomic E-state index is 9.28. The Hall–Kier alpha value is -0.753. The normalized spacial score (nSPS) is 24.9. The first-order chi connectivity index (χ1) is 8.54.